The van der Waals surface area contributed by atoms with E-state index in [4.69, 9.17) is 0 Å². The lowest BCUT2D eigenvalue weighted by Crippen LogP contribution is -2.62. The normalized spacial score (nSPS) is 45.7. The molecule has 75 heavy (non-hydrogen) atoms. The number of thioether (sulfide) groups is 1. The van der Waals surface area contributed by atoms with E-state index >= 15 is 0 Å². The SMILES string of the molecule is CC(C)Cc1cc(CC(C)C)c2c(c1)SC13c4c5c6c7c8c9c%10c%11c%12c%13c%14c%15c(c%16c%13c%10c7c4-%16)C21C1C%15C2c4c7c%10c%13c%15c%16c%17c%18c%19c%20c%21c%22c%23c(c4c4c%22c%19c%16c%104)C2C%14C%12C%23C%21C%11C9C%20C%18C8C6C%17C%15C5C3C%13C71. The summed E-state index contributed by atoms with van der Waals surface area (Å²) in [6.07, 6.45) is 2.44. The van der Waals surface area contributed by atoms with E-state index in [0.29, 0.717) is 130 Å². The van der Waals surface area contributed by atoms with Crippen molar-refractivity contribution in [3.8, 4) is 11.1 Å². The molecular weight excluding hydrogens is 921 g/mol. The summed E-state index contributed by atoms with van der Waals surface area (Å²) in [5.41, 5.74) is 50.3. The zero-order valence-corrected chi connectivity index (χ0v) is 42.5. The Morgan fingerprint density at radius 3 is 1.08 bits per heavy atom. The van der Waals surface area contributed by atoms with Gasteiger partial charge in [0.2, 0.25) is 0 Å². The van der Waals surface area contributed by atoms with Crippen LogP contribution in [0.15, 0.2) is 17.0 Å². The van der Waals surface area contributed by atoms with Crippen molar-refractivity contribution in [2.75, 3.05) is 0 Å². The van der Waals surface area contributed by atoms with Crippen LogP contribution in [-0.2, 0) is 23.0 Å². The molecule has 1 saturated carbocycles. The number of hydrogen-bond donors (Lipinski definition) is 0. The van der Waals surface area contributed by atoms with E-state index in [9.17, 15) is 0 Å². The molecule has 23 aliphatic rings. The number of fused-ring (bicyclic) bond motifs is 1. The van der Waals surface area contributed by atoms with E-state index in [1.165, 1.54) is 12.8 Å². The summed E-state index contributed by atoms with van der Waals surface area (Å²) in [6, 6.07) is 5.83. The predicted octanol–water partition coefficient (Wildman–Crippen LogP) is 16.9. The van der Waals surface area contributed by atoms with Crippen molar-refractivity contribution in [1.29, 1.82) is 0 Å². The van der Waals surface area contributed by atoms with Crippen molar-refractivity contribution < 1.29 is 0 Å². The second-order valence-electron chi connectivity index (χ2n) is 32.4. The van der Waals surface area contributed by atoms with E-state index in [1.54, 1.807) is 10.5 Å². The molecular formula is C74H40S. The minimum Gasteiger partial charge on any atom is -0.112 e. The second kappa shape index (κ2) is 7.57. The quantitative estimate of drug-likeness (QED) is 0.158. The van der Waals surface area contributed by atoms with Gasteiger partial charge in [0.1, 0.15) is 0 Å². The molecule has 2 spiro atoms. The molecule has 0 bridgehead atoms. The molecule has 11 aromatic carbocycles. The van der Waals surface area contributed by atoms with E-state index < -0.39 is 0 Å². The van der Waals surface area contributed by atoms with Crippen LogP contribution in [0.3, 0.4) is 0 Å². The third kappa shape index (κ3) is 1.88. The third-order valence-electron chi connectivity index (χ3n) is 31.7. The van der Waals surface area contributed by atoms with Gasteiger partial charge in [0, 0.05) is 10.3 Å². The summed E-state index contributed by atoms with van der Waals surface area (Å²) < 4.78 is 0.0467. The zero-order valence-electron chi connectivity index (χ0n) is 41.7. The number of rotatable bonds is 4. The summed E-state index contributed by atoms with van der Waals surface area (Å²) in [4.78, 5) is 1.80. The fourth-order valence-corrected chi connectivity index (χ4v) is 35.5. The van der Waals surface area contributed by atoms with E-state index in [-0.39, 0.29) is 10.2 Å². The number of hydrogen-bond acceptors (Lipinski definition) is 1. The molecule has 1 heteroatoms. The van der Waals surface area contributed by atoms with Crippen LogP contribution in [0.1, 0.15) is 262 Å². The average molecular weight is 961 g/mol. The molecule has 0 N–H and O–H groups in total. The summed E-state index contributed by atoms with van der Waals surface area (Å²) in [5.74, 6) is 14.6. The molecule has 34 rings (SSSR count). The van der Waals surface area contributed by atoms with E-state index in [0.717, 1.165) is 0 Å². The van der Waals surface area contributed by atoms with Crippen LogP contribution in [0.5, 0.6) is 0 Å². The molecule has 22 atom stereocenters. The Morgan fingerprint density at radius 2 is 0.640 bits per heavy atom. The Morgan fingerprint density at radius 1 is 0.320 bits per heavy atom. The van der Waals surface area contributed by atoms with Crippen molar-refractivity contribution in [2.45, 2.75) is 162 Å². The van der Waals surface area contributed by atoms with Crippen LogP contribution in [0, 0.1) is 23.7 Å². The van der Waals surface area contributed by atoms with Gasteiger partial charge in [0.15, 0.2) is 0 Å². The topological polar surface area (TPSA) is 0 Å². The lowest BCUT2D eigenvalue weighted by molar-refractivity contribution is 0.0337. The largest absolute Gasteiger partial charge is 0.112 e. The van der Waals surface area contributed by atoms with Gasteiger partial charge in [-0.25, -0.2) is 0 Å². The third-order valence-corrected chi connectivity index (χ3v) is 33.4. The van der Waals surface area contributed by atoms with Crippen molar-refractivity contribution in [3.63, 3.8) is 0 Å². The molecule has 0 nitrogen and oxygen atoms in total. The molecule has 22 unspecified atom stereocenters. The van der Waals surface area contributed by atoms with Gasteiger partial charge >= 0.3 is 0 Å². The highest BCUT2D eigenvalue weighted by Gasteiger charge is 2.90. The summed E-state index contributed by atoms with van der Waals surface area (Å²) >= 11 is 2.64. The average Bonchev–Trinajstić information content (AvgIpc) is 3.91. The maximum Gasteiger partial charge on any atom is 0.0645 e. The first-order chi connectivity index (χ1) is 37.0. The molecule has 1 aliphatic heterocycles. The molecule has 22 aliphatic carbocycles. The maximum atomic E-state index is 2.93. The first-order valence-electron chi connectivity index (χ1n) is 31.1. The number of benzene rings is 10. The molecule has 0 aromatic heterocycles. The van der Waals surface area contributed by atoms with Crippen molar-refractivity contribution >= 4 is 97.9 Å². The Balaban J connectivity index is 0.974. The fourth-order valence-electron chi connectivity index (χ4n) is 33.3. The zero-order chi connectivity index (χ0) is 45.5. The molecule has 0 radical (unpaired) electrons. The summed E-state index contributed by atoms with van der Waals surface area (Å²) in [5, 5.41) is 30.9. The molecule has 0 amide bonds. The minimum atomic E-state index is 0.0150. The monoisotopic (exact) mass is 960 g/mol. The van der Waals surface area contributed by atoms with Crippen molar-refractivity contribution in [1.82, 2.24) is 0 Å². The smallest absolute Gasteiger partial charge is 0.0645 e. The summed E-state index contributed by atoms with van der Waals surface area (Å²) in [7, 11) is 0. The molecule has 1 heterocycles. The lowest BCUT2D eigenvalue weighted by Gasteiger charge is -2.65. The first kappa shape index (κ1) is 31.8. The Bertz CT molecular complexity index is 5630. The van der Waals surface area contributed by atoms with Crippen molar-refractivity contribution in [2.24, 2.45) is 23.7 Å². The standard InChI is InChI=1S/C74H40S/c1-9(2)5-11-7-12(6-10(3)4)68-13(8-11)75-74-71-64-58-48-36-28-20-16-14-15-18-22(20)30(36)40-34-26(18)27-19(15)23-21-17(14)25-24(16)32-38(28)46-52-42(32)43-33(25)39-29(21)37-31(23)41-35(27)45-44(34)56(50(40)58)66(71)67-57(45)51(41)59-49(37)55-47(39)53(43)61-60(52)69(62(64)54(46)48)73(68,74)70(61)63(55)65(59)72(67)74/h7-10,16,18,20,22,24,26,32,34,42-45,53,57,61,63,65,67,70,72H,5-6H2,1-4H3. The Labute approximate surface area is 432 Å². The highest BCUT2D eigenvalue weighted by atomic mass is 32.2. The predicted molar refractivity (Wildman–Crippen MR) is 294 cm³/mol. The summed E-state index contributed by atoms with van der Waals surface area (Å²) in [6.45, 7) is 10.2. The van der Waals surface area contributed by atoms with Gasteiger partial charge in [0.25, 0.3) is 0 Å². The van der Waals surface area contributed by atoms with E-state index in [1.807, 2.05) is 175 Å². The van der Waals surface area contributed by atoms with Gasteiger partial charge in [0.05, 0.1) is 4.75 Å². The second-order valence-corrected chi connectivity index (χ2v) is 33.7. The maximum absolute atomic E-state index is 2.93. The van der Waals surface area contributed by atoms with Crippen LogP contribution in [0.4, 0.5) is 0 Å². The van der Waals surface area contributed by atoms with Gasteiger partial charge < -0.3 is 0 Å². The van der Waals surface area contributed by atoms with Crippen LogP contribution in [0.25, 0.3) is 97.3 Å². The van der Waals surface area contributed by atoms with Crippen LogP contribution < -0.4 is 0 Å². The van der Waals surface area contributed by atoms with Gasteiger partial charge in [-0.05, 0) is 374 Å². The molecule has 342 valence electrons. The van der Waals surface area contributed by atoms with Crippen LogP contribution >= 0.6 is 11.8 Å². The molecule has 1 fully saturated rings. The highest BCUT2D eigenvalue weighted by Crippen LogP contribution is 3.01. The lowest BCUT2D eigenvalue weighted by atomic mass is 9.39. The van der Waals surface area contributed by atoms with Gasteiger partial charge in [-0.1, -0.05) is 33.8 Å². The van der Waals surface area contributed by atoms with Gasteiger partial charge in [-0.15, -0.1) is 11.8 Å². The molecule has 0 saturated heterocycles. The van der Waals surface area contributed by atoms with Gasteiger partial charge in [-0.3, -0.25) is 0 Å². The highest BCUT2D eigenvalue weighted by molar-refractivity contribution is 8.00. The molecule has 11 aromatic rings. The minimum absolute atomic E-state index is 0.0150. The van der Waals surface area contributed by atoms with Crippen molar-refractivity contribution in [3.05, 3.63) is 140 Å². The Hall–Kier alpha value is -5.37. The Kier molecular flexibility index (Phi) is 3.21. The van der Waals surface area contributed by atoms with Crippen LogP contribution in [0.2, 0.25) is 0 Å². The van der Waals surface area contributed by atoms with E-state index in [2.05, 4.69) is 96.1 Å². The first-order valence-corrected chi connectivity index (χ1v) is 31.9. The fraction of sp³-hybridized carbons (Fsp3) is 0.405. The van der Waals surface area contributed by atoms with Gasteiger partial charge in [-0.2, -0.15) is 0 Å². The van der Waals surface area contributed by atoms with Crippen LogP contribution in [-0.4, -0.2) is 0 Å².